The zero-order valence-corrected chi connectivity index (χ0v) is 23.4. The zero-order valence-electron chi connectivity index (χ0n) is 22.6. The second-order valence-corrected chi connectivity index (χ2v) is 11.5. The Kier molecular flexibility index (Phi) is 10.1. The normalized spacial score (nSPS) is 16.9. The lowest BCUT2D eigenvalue weighted by Gasteiger charge is -2.31. The van der Waals surface area contributed by atoms with Gasteiger partial charge in [0.1, 0.15) is 5.75 Å². The Labute approximate surface area is 235 Å². The topological polar surface area (TPSA) is 127 Å². The summed E-state index contributed by atoms with van der Waals surface area (Å²) in [5.41, 5.74) is 1.18. The molecule has 1 saturated heterocycles. The van der Waals surface area contributed by atoms with Gasteiger partial charge in [0.2, 0.25) is 15.9 Å². The van der Waals surface area contributed by atoms with E-state index in [2.05, 4.69) is 10.3 Å². The highest BCUT2D eigenvalue weighted by Crippen LogP contribution is 2.24. The van der Waals surface area contributed by atoms with Crippen molar-refractivity contribution in [1.82, 2.24) is 14.6 Å². The van der Waals surface area contributed by atoms with E-state index in [0.29, 0.717) is 24.3 Å². The second kappa shape index (κ2) is 13.7. The van der Waals surface area contributed by atoms with Gasteiger partial charge in [-0.15, -0.1) is 0 Å². The van der Waals surface area contributed by atoms with E-state index in [1.807, 2.05) is 30.3 Å². The van der Waals surface area contributed by atoms with Gasteiger partial charge in [-0.3, -0.25) is 4.79 Å². The van der Waals surface area contributed by atoms with Crippen LogP contribution < -0.4 is 14.8 Å². The van der Waals surface area contributed by atoms with E-state index in [0.717, 1.165) is 12.0 Å². The van der Waals surface area contributed by atoms with Crippen molar-refractivity contribution in [2.75, 3.05) is 33.9 Å². The van der Waals surface area contributed by atoms with Crippen LogP contribution in [0.1, 0.15) is 28.8 Å². The molecule has 0 spiro atoms. The Morgan fingerprint density at radius 1 is 1.12 bits per heavy atom. The van der Waals surface area contributed by atoms with Crippen molar-refractivity contribution in [3.05, 3.63) is 84.1 Å². The van der Waals surface area contributed by atoms with Crippen LogP contribution in [-0.4, -0.2) is 80.9 Å². The molecular weight excluding hydrogens is 534 g/mol. The van der Waals surface area contributed by atoms with Gasteiger partial charge >= 0.3 is 0 Å². The lowest BCUT2D eigenvalue weighted by Crippen LogP contribution is -2.51. The number of methoxy groups -OCH3 is 2. The monoisotopic (exact) mass is 569 g/mol. The van der Waals surface area contributed by atoms with E-state index >= 15 is 0 Å². The molecule has 1 aromatic heterocycles. The van der Waals surface area contributed by atoms with Crippen LogP contribution in [0.5, 0.6) is 11.6 Å². The van der Waals surface area contributed by atoms with Crippen molar-refractivity contribution in [2.45, 2.75) is 42.4 Å². The van der Waals surface area contributed by atoms with Crippen molar-refractivity contribution in [3.63, 3.8) is 0 Å². The third-order valence-corrected chi connectivity index (χ3v) is 8.61. The number of aliphatic hydroxyl groups excluding tert-OH is 1. The van der Waals surface area contributed by atoms with Gasteiger partial charge in [-0.05, 0) is 43.0 Å². The predicted molar refractivity (Wildman–Crippen MR) is 149 cm³/mol. The lowest BCUT2D eigenvalue weighted by molar-refractivity contribution is 0.0625. The molecule has 0 saturated carbocycles. The quantitative estimate of drug-likeness (QED) is 0.322. The van der Waals surface area contributed by atoms with Crippen LogP contribution in [0.3, 0.4) is 0 Å². The molecule has 2 N–H and O–H groups in total. The molecule has 10 nitrogen and oxygen atoms in total. The summed E-state index contributed by atoms with van der Waals surface area (Å²) in [6.07, 6.45) is 1.76. The number of nitrogens with one attached hydrogen (secondary N) is 1. The minimum atomic E-state index is -4.04. The van der Waals surface area contributed by atoms with Crippen LogP contribution in [0.2, 0.25) is 0 Å². The molecule has 1 aliphatic rings. The molecule has 0 bridgehead atoms. The second-order valence-electron chi connectivity index (χ2n) is 9.56. The minimum absolute atomic E-state index is 0.0459. The van der Waals surface area contributed by atoms with Crippen LogP contribution in [0, 0.1) is 0 Å². The van der Waals surface area contributed by atoms with Gasteiger partial charge in [-0.25, -0.2) is 13.4 Å². The molecule has 0 radical (unpaired) electrons. The smallest absolute Gasteiger partial charge is 0.251 e. The van der Waals surface area contributed by atoms with E-state index in [1.165, 1.54) is 42.9 Å². The fourth-order valence-corrected chi connectivity index (χ4v) is 6.12. The van der Waals surface area contributed by atoms with Gasteiger partial charge < -0.3 is 24.6 Å². The molecular formula is C29H35N3O7S. The molecule has 40 heavy (non-hydrogen) atoms. The number of amides is 1. The molecule has 3 aromatic rings. The number of aliphatic hydroxyl groups is 1. The van der Waals surface area contributed by atoms with Crippen LogP contribution in [-0.2, 0) is 21.2 Å². The van der Waals surface area contributed by atoms with Crippen molar-refractivity contribution in [1.29, 1.82) is 0 Å². The van der Waals surface area contributed by atoms with Gasteiger partial charge in [-0.1, -0.05) is 36.4 Å². The third kappa shape index (κ3) is 7.57. The predicted octanol–water partition coefficient (Wildman–Crippen LogP) is 2.67. The molecule has 0 aliphatic carbocycles. The van der Waals surface area contributed by atoms with E-state index < -0.39 is 28.1 Å². The molecule has 214 valence electrons. The first kappa shape index (κ1) is 29.5. The average Bonchev–Trinajstić information content (AvgIpc) is 3.50. The van der Waals surface area contributed by atoms with Gasteiger partial charge in [0.05, 0.1) is 37.4 Å². The number of carbonyl (C=O) groups excluding carboxylic acids is 1. The number of hydrogen-bond acceptors (Lipinski definition) is 8. The number of ether oxygens (including phenoxy) is 3. The number of sulfonamides is 1. The summed E-state index contributed by atoms with van der Waals surface area (Å²) in [4.78, 5) is 17.3. The van der Waals surface area contributed by atoms with Crippen molar-refractivity contribution < 1.29 is 32.5 Å². The number of rotatable bonds is 13. The van der Waals surface area contributed by atoms with Crippen molar-refractivity contribution in [3.8, 4) is 11.6 Å². The van der Waals surface area contributed by atoms with Gasteiger partial charge in [0, 0.05) is 43.6 Å². The molecule has 2 heterocycles. The average molecular weight is 570 g/mol. The molecule has 2 aromatic carbocycles. The molecule has 11 heteroatoms. The minimum Gasteiger partial charge on any atom is -0.497 e. The van der Waals surface area contributed by atoms with Crippen LogP contribution in [0.25, 0.3) is 0 Å². The molecule has 3 atom stereocenters. The van der Waals surface area contributed by atoms with Crippen LogP contribution >= 0.6 is 0 Å². The van der Waals surface area contributed by atoms with Crippen LogP contribution in [0.4, 0.5) is 0 Å². The van der Waals surface area contributed by atoms with Crippen LogP contribution in [0.15, 0.2) is 77.8 Å². The number of hydrogen-bond donors (Lipinski definition) is 2. The highest BCUT2D eigenvalue weighted by atomic mass is 32.2. The fourth-order valence-electron chi connectivity index (χ4n) is 4.60. The number of pyridine rings is 1. The first-order valence-electron chi connectivity index (χ1n) is 13.1. The first-order valence-corrected chi connectivity index (χ1v) is 14.5. The summed E-state index contributed by atoms with van der Waals surface area (Å²) in [5, 5.41) is 14.4. The number of benzene rings is 2. The van der Waals surface area contributed by atoms with Gasteiger partial charge in [0.15, 0.2) is 0 Å². The van der Waals surface area contributed by atoms with Gasteiger partial charge in [0.25, 0.3) is 5.91 Å². The maximum Gasteiger partial charge on any atom is 0.251 e. The van der Waals surface area contributed by atoms with E-state index in [9.17, 15) is 18.3 Å². The van der Waals surface area contributed by atoms with Crippen molar-refractivity contribution in [2.24, 2.45) is 0 Å². The highest BCUT2D eigenvalue weighted by Gasteiger charge is 2.34. The number of aromatic nitrogens is 1. The van der Waals surface area contributed by atoms with Gasteiger partial charge in [-0.2, -0.15) is 4.31 Å². The highest BCUT2D eigenvalue weighted by molar-refractivity contribution is 7.89. The molecule has 1 amide bonds. The largest absolute Gasteiger partial charge is 0.497 e. The molecule has 1 aliphatic heterocycles. The fraction of sp³-hybridized carbons (Fsp3) is 0.379. The Morgan fingerprint density at radius 2 is 1.93 bits per heavy atom. The molecule has 1 unspecified atom stereocenters. The summed E-state index contributed by atoms with van der Waals surface area (Å²) in [6, 6.07) is 17.8. The molecule has 1 fully saturated rings. The third-order valence-electron chi connectivity index (χ3n) is 6.79. The summed E-state index contributed by atoms with van der Waals surface area (Å²) < 4.78 is 45.0. The number of nitrogens with zero attached hydrogens (tertiary/aromatic N) is 2. The Balaban J connectivity index is 1.61. The van der Waals surface area contributed by atoms with E-state index in [4.69, 9.17) is 14.2 Å². The Morgan fingerprint density at radius 3 is 2.62 bits per heavy atom. The summed E-state index contributed by atoms with van der Waals surface area (Å²) in [5.74, 6) is 0.239. The van der Waals surface area contributed by atoms with E-state index in [-0.39, 0.29) is 36.4 Å². The Hall–Kier alpha value is -3.51. The zero-order chi connectivity index (χ0) is 28.5. The van der Waals surface area contributed by atoms with Crippen molar-refractivity contribution >= 4 is 15.9 Å². The SMILES string of the molecule is COc1cccc(S(=O)(=O)N(CC2CCCO2)C[C@@H](O)[C@H](Cc2ccccc2)NC(=O)c2ccnc(OC)c2)c1. The standard InChI is InChI=1S/C29H35N3O7S/c1-37-23-10-6-12-25(18-23)40(35,36)32(19-24-11-7-15-39-24)20-27(33)26(16-21-8-4-3-5-9-21)31-29(34)22-13-14-30-28(17-22)38-2/h3-6,8-10,12-14,17-18,24,26-27,33H,7,11,15-16,19-20H2,1-2H3,(H,31,34)/t24?,26-,27+/m0/s1. The summed E-state index contributed by atoms with van der Waals surface area (Å²) >= 11 is 0. The molecule has 4 rings (SSSR count). The summed E-state index contributed by atoms with van der Waals surface area (Å²) in [7, 11) is -1.11. The maximum absolute atomic E-state index is 13.8. The maximum atomic E-state index is 13.8. The first-order chi connectivity index (χ1) is 19.3. The van der Waals surface area contributed by atoms with E-state index in [1.54, 1.807) is 18.2 Å². The Bertz CT molecular complexity index is 1360. The lowest BCUT2D eigenvalue weighted by atomic mass is 10.0. The number of carbonyl (C=O) groups is 1. The summed E-state index contributed by atoms with van der Waals surface area (Å²) in [6.45, 7) is 0.378.